The van der Waals surface area contributed by atoms with Gasteiger partial charge in [0.15, 0.2) is 0 Å². The first kappa shape index (κ1) is 17.4. The number of aryl methyl sites for hydroxylation is 1. The summed E-state index contributed by atoms with van der Waals surface area (Å²) in [6, 6.07) is 12.2. The summed E-state index contributed by atoms with van der Waals surface area (Å²) in [5, 5.41) is 3.30. The molecule has 1 atom stereocenters. The number of nitrogens with zero attached hydrogens (tertiary/aromatic N) is 3. The number of benzene rings is 1. The van der Waals surface area contributed by atoms with E-state index in [4.69, 9.17) is 0 Å². The zero-order chi connectivity index (χ0) is 17.5. The van der Waals surface area contributed by atoms with Crippen molar-refractivity contribution in [1.82, 2.24) is 14.9 Å². The molecular weight excluding hydrogens is 312 g/mol. The maximum absolute atomic E-state index is 12.6. The third-order valence-electron chi connectivity index (χ3n) is 4.62. The molecule has 25 heavy (non-hydrogen) atoms. The van der Waals surface area contributed by atoms with Crippen LogP contribution in [0.2, 0.25) is 0 Å². The fraction of sp³-hybridized carbons (Fsp3) is 0.450. The van der Waals surface area contributed by atoms with Gasteiger partial charge < -0.3 is 10.2 Å². The van der Waals surface area contributed by atoms with E-state index in [0.29, 0.717) is 11.6 Å². The number of carbonyl (C=O) groups is 1. The highest BCUT2D eigenvalue weighted by Gasteiger charge is 2.23. The van der Waals surface area contributed by atoms with Crippen LogP contribution in [0.15, 0.2) is 42.7 Å². The molecular formula is C20H26N4O. The molecule has 1 amide bonds. The minimum Gasteiger partial charge on any atom is -0.370 e. The maximum Gasteiger partial charge on any atom is 0.272 e. The van der Waals surface area contributed by atoms with E-state index in [9.17, 15) is 4.79 Å². The number of hydrogen-bond acceptors (Lipinski definition) is 4. The smallest absolute Gasteiger partial charge is 0.272 e. The quantitative estimate of drug-likeness (QED) is 0.820. The molecule has 1 saturated heterocycles. The number of anilines is 1. The van der Waals surface area contributed by atoms with Crippen LogP contribution in [0.4, 0.5) is 5.82 Å². The second-order valence-electron chi connectivity index (χ2n) is 6.80. The van der Waals surface area contributed by atoms with Gasteiger partial charge in [0, 0.05) is 25.7 Å². The van der Waals surface area contributed by atoms with Crippen molar-refractivity contribution in [3.05, 3.63) is 54.0 Å². The van der Waals surface area contributed by atoms with Gasteiger partial charge in [-0.3, -0.25) is 4.79 Å². The van der Waals surface area contributed by atoms with Crippen LogP contribution >= 0.6 is 0 Å². The van der Waals surface area contributed by atoms with Gasteiger partial charge in [-0.1, -0.05) is 37.3 Å². The number of piperidine rings is 1. The molecule has 5 nitrogen and oxygen atoms in total. The number of carbonyl (C=O) groups excluding carboxylic acids is 1. The van der Waals surface area contributed by atoms with Gasteiger partial charge in [-0.2, -0.15) is 0 Å². The highest BCUT2D eigenvalue weighted by Crippen LogP contribution is 2.18. The van der Waals surface area contributed by atoms with E-state index < -0.39 is 0 Å². The number of nitrogens with one attached hydrogen (secondary N) is 1. The summed E-state index contributed by atoms with van der Waals surface area (Å²) in [4.78, 5) is 22.9. The molecule has 3 rings (SSSR count). The molecule has 0 bridgehead atoms. The number of likely N-dealkylation sites (tertiary alicyclic amines) is 1. The Morgan fingerprint density at radius 2 is 2.12 bits per heavy atom. The van der Waals surface area contributed by atoms with Crippen LogP contribution in [0, 0.1) is 5.92 Å². The average Bonchev–Trinajstić information content (AvgIpc) is 2.66. The summed E-state index contributed by atoms with van der Waals surface area (Å²) in [5.41, 5.74) is 1.82. The number of rotatable bonds is 6. The van der Waals surface area contributed by atoms with E-state index in [0.717, 1.165) is 44.7 Å². The van der Waals surface area contributed by atoms with Crippen molar-refractivity contribution in [2.24, 2.45) is 5.92 Å². The predicted octanol–water partition coefficient (Wildman–Crippen LogP) is 3.39. The topological polar surface area (TPSA) is 58.1 Å². The Morgan fingerprint density at radius 1 is 1.28 bits per heavy atom. The molecule has 2 aromatic rings. The summed E-state index contributed by atoms with van der Waals surface area (Å²) < 4.78 is 0. The third kappa shape index (κ3) is 5.02. The molecule has 2 heterocycles. The standard InChI is InChI=1S/C20H26N4O/c1-16-7-6-12-24(14-16)20(25)18-13-19(23-15-22-18)21-11-5-10-17-8-3-2-4-9-17/h2-4,8-9,13,15-16H,5-7,10-12,14H2,1H3,(H,21,22,23). The van der Waals surface area contributed by atoms with E-state index in [-0.39, 0.29) is 5.91 Å². The van der Waals surface area contributed by atoms with Crippen molar-refractivity contribution in [2.75, 3.05) is 25.0 Å². The Bertz CT molecular complexity index is 689. The van der Waals surface area contributed by atoms with Crippen molar-refractivity contribution < 1.29 is 4.79 Å². The Hall–Kier alpha value is -2.43. The van der Waals surface area contributed by atoms with Gasteiger partial charge in [0.25, 0.3) is 5.91 Å². The minimum atomic E-state index is 0.0151. The van der Waals surface area contributed by atoms with Gasteiger partial charge in [-0.25, -0.2) is 9.97 Å². The molecule has 1 unspecified atom stereocenters. The third-order valence-corrected chi connectivity index (χ3v) is 4.62. The zero-order valence-corrected chi connectivity index (χ0v) is 14.8. The van der Waals surface area contributed by atoms with Crippen LogP contribution in [0.1, 0.15) is 42.2 Å². The number of hydrogen-bond donors (Lipinski definition) is 1. The van der Waals surface area contributed by atoms with E-state index >= 15 is 0 Å². The van der Waals surface area contributed by atoms with Gasteiger partial charge >= 0.3 is 0 Å². The predicted molar refractivity (Wildman–Crippen MR) is 99.6 cm³/mol. The van der Waals surface area contributed by atoms with Gasteiger partial charge in [0.05, 0.1) is 0 Å². The van der Waals surface area contributed by atoms with Crippen LogP contribution in [-0.2, 0) is 6.42 Å². The van der Waals surface area contributed by atoms with Gasteiger partial charge in [0.1, 0.15) is 17.8 Å². The molecule has 132 valence electrons. The summed E-state index contributed by atoms with van der Waals surface area (Å²) >= 11 is 0. The monoisotopic (exact) mass is 338 g/mol. The number of aromatic nitrogens is 2. The largest absolute Gasteiger partial charge is 0.370 e. The second kappa shape index (κ2) is 8.60. The second-order valence-corrected chi connectivity index (χ2v) is 6.80. The van der Waals surface area contributed by atoms with Gasteiger partial charge in [-0.05, 0) is 37.2 Å². The van der Waals surface area contributed by atoms with Crippen LogP contribution in [0.5, 0.6) is 0 Å². The SMILES string of the molecule is CC1CCCN(C(=O)c2cc(NCCCc3ccccc3)ncn2)C1. The molecule has 0 spiro atoms. The number of amides is 1. The molecule has 1 aromatic heterocycles. The molecule has 1 aromatic carbocycles. The van der Waals surface area contributed by atoms with Crippen molar-refractivity contribution in [2.45, 2.75) is 32.6 Å². The van der Waals surface area contributed by atoms with Crippen LogP contribution in [0.25, 0.3) is 0 Å². The molecule has 1 aliphatic rings. The molecule has 5 heteroatoms. The van der Waals surface area contributed by atoms with E-state index in [1.165, 1.54) is 18.3 Å². The zero-order valence-electron chi connectivity index (χ0n) is 14.8. The van der Waals surface area contributed by atoms with Crippen molar-refractivity contribution >= 4 is 11.7 Å². The summed E-state index contributed by atoms with van der Waals surface area (Å²) in [5.74, 6) is 1.30. The molecule has 1 fully saturated rings. The van der Waals surface area contributed by atoms with E-state index in [1.54, 1.807) is 6.07 Å². The fourth-order valence-corrected chi connectivity index (χ4v) is 3.26. The summed E-state index contributed by atoms with van der Waals surface area (Å²) in [6.45, 7) is 4.66. The molecule has 0 radical (unpaired) electrons. The Morgan fingerprint density at radius 3 is 2.92 bits per heavy atom. The average molecular weight is 338 g/mol. The lowest BCUT2D eigenvalue weighted by Gasteiger charge is -2.30. The molecule has 0 aliphatic carbocycles. The van der Waals surface area contributed by atoms with Crippen molar-refractivity contribution in [1.29, 1.82) is 0 Å². The van der Waals surface area contributed by atoms with Crippen molar-refractivity contribution in [3.8, 4) is 0 Å². The van der Waals surface area contributed by atoms with E-state index in [1.807, 2.05) is 11.0 Å². The minimum absolute atomic E-state index is 0.0151. The van der Waals surface area contributed by atoms with Crippen LogP contribution < -0.4 is 5.32 Å². The Kier molecular flexibility index (Phi) is 5.99. The van der Waals surface area contributed by atoms with Crippen LogP contribution in [0.3, 0.4) is 0 Å². The van der Waals surface area contributed by atoms with Gasteiger partial charge in [0.2, 0.25) is 0 Å². The lowest BCUT2D eigenvalue weighted by Crippen LogP contribution is -2.39. The maximum atomic E-state index is 12.6. The lowest BCUT2D eigenvalue weighted by atomic mass is 10.00. The van der Waals surface area contributed by atoms with E-state index in [2.05, 4.69) is 46.5 Å². The first-order chi connectivity index (χ1) is 12.2. The normalized spacial score (nSPS) is 17.3. The molecule has 1 N–H and O–H groups in total. The Labute approximate surface area is 149 Å². The Balaban J connectivity index is 1.51. The summed E-state index contributed by atoms with van der Waals surface area (Å²) in [7, 11) is 0. The fourth-order valence-electron chi connectivity index (χ4n) is 3.26. The highest BCUT2D eigenvalue weighted by atomic mass is 16.2. The highest BCUT2D eigenvalue weighted by molar-refractivity contribution is 5.93. The molecule has 1 aliphatic heterocycles. The summed E-state index contributed by atoms with van der Waals surface area (Å²) in [6.07, 6.45) is 5.78. The first-order valence-electron chi connectivity index (χ1n) is 9.11. The van der Waals surface area contributed by atoms with Gasteiger partial charge in [-0.15, -0.1) is 0 Å². The first-order valence-corrected chi connectivity index (χ1v) is 9.11. The lowest BCUT2D eigenvalue weighted by molar-refractivity contribution is 0.0677. The molecule has 0 saturated carbocycles. The van der Waals surface area contributed by atoms with Crippen molar-refractivity contribution in [3.63, 3.8) is 0 Å². The van der Waals surface area contributed by atoms with Crippen LogP contribution in [-0.4, -0.2) is 40.4 Å².